The van der Waals surface area contributed by atoms with Crippen LogP contribution in [0.1, 0.15) is 6.92 Å². The highest BCUT2D eigenvalue weighted by Crippen LogP contribution is 2.33. The highest BCUT2D eigenvalue weighted by Gasteiger charge is 2.30. The Morgan fingerprint density at radius 1 is 1.57 bits per heavy atom. The molecule has 7 heteroatoms. The van der Waals surface area contributed by atoms with Crippen LogP contribution in [0, 0.1) is 11.3 Å². The lowest BCUT2D eigenvalue weighted by atomic mass is 10.2. The van der Waals surface area contributed by atoms with Gasteiger partial charge >= 0.3 is 5.97 Å². The maximum absolute atomic E-state index is 11.1. The van der Waals surface area contributed by atoms with Crippen molar-refractivity contribution in [3.8, 4) is 6.07 Å². The van der Waals surface area contributed by atoms with Crippen molar-refractivity contribution in [3.05, 3.63) is 11.3 Å². The van der Waals surface area contributed by atoms with Gasteiger partial charge in [-0.25, -0.2) is 4.79 Å². The molecule has 0 aliphatic rings. The molecule has 0 unspecified atom stereocenters. The van der Waals surface area contributed by atoms with E-state index in [9.17, 15) is 4.79 Å². The van der Waals surface area contributed by atoms with Crippen LogP contribution in [-0.4, -0.2) is 16.4 Å². The fourth-order valence-electron chi connectivity index (χ4n) is 0.561. The molecule has 0 atom stereocenters. The van der Waals surface area contributed by atoms with Crippen LogP contribution in [-0.2, 0) is 9.53 Å². The van der Waals surface area contributed by atoms with Crippen molar-refractivity contribution in [2.45, 2.75) is 10.7 Å². The Morgan fingerprint density at radius 2 is 2.07 bits per heavy atom. The van der Waals surface area contributed by atoms with Gasteiger partial charge in [0.15, 0.2) is 5.57 Å². The monoisotopic (exact) mass is 256 g/mol. The van der Waals surface area contributed by atoms with Crippen molar-refractivity contribution in [1.29, 1.82) is 5.26 Å². The van der Waals surface area contributed by atoms with Crippen molar-refractivity contribution in [1.82, 2.24) is 0 Å². The smallest absolute Gasteiger partial charge is 0.350 e. The molecule has 0 heterocycles. The number of nitrogens with two attached hydrogens (primary N) is 1. The number of nitriles is 1. The van der Waals surface area contributed by atoms with Crippen LogP contribution in [0.15, 0.2) is 11.3 Å². The summed E-state index contributed by atoms with van der Waals surface area (Å²) in [6.45, 7) is 1.69. The fraction of sp³-hybridized carbons (Fsp3) is 0.429. The molecule has 4 nitrogen and oxygen atoms in total. The first-order valence-electron chi connectivity index (χ1n) is 3.48. The number of carbonyl (C=O) groups is 1. The number of alkyl halides is 3. The van der Waals surface area contributed by atoms with E-state index in [0.717, 1.165) is 0 Å². The van der Waals surface area contributed by atoms with E-state index in [1.165, 1.54) is 6.07 Å². The Bertz CT molecular complexity index is 301. The van der Waals surface area contributed by atoms with Crippen LogP contribution in [0.5, 0.6) is 0 Å². The van der Waals surface area contributed by atoms with Gasteiger partial charge in [-0.05, 0) is 6.92 Å². The van der Waals surface area contributed by atoms with Crippen LogP contribution in [0.3, 0.4) is 0 Å². The van der Waals surface area contributed by atoms with Gasteiger partial charge in [-0.3, -0.25) is 0 Å². The predicted octanol–water partition coefficient (Wildman–Crippen LogP) is 1.66. The number of allylic oxidation sites excluding steroid dienone is 1. The molecule has 0 saturated heterocycles. The molecule has 0 amide bonds. The maximum atomic E-state index is 11.1. The van der Waals surface area contributed by atoms with Gasteiger partial charge in [-0.15, -0.1) is 0 Å². The van der Waals surface area contributed by atoms with E-state index in [2.05, 4.69) is 4.74 Å². The minimum atomic E-state index is -1.99. The summed E-state index contributed by atoms with van der Waals surface area (Å²) in [6.07, 6.45) is 0. The largest absolute Gasteiger partial charge is 0.462 e. The maximum Gasteiger partial charge on any atom is 0.350 e. The van der Waals surface area contributed by atoms with Gasteiger partial charge < -0.3 is 10.5 Å². The molecule has 14 heavy (non-hydrogen) atoms. The molecule has 0 saturated carbocycles. The highest BCUT2D eigenvalue weighted by atomic mass is 35.6. The van der Waals surface area contributed by atoms with Crippen molar-refractivity contribution >= 4 is 40.8 Å². The molecule has 2 N–H and O–H groups in total. The van der Waals surface area contributed by atoms with Gasteiger partial charge in [0.2, 0.25) is 3.79 Å². The van der Waals surface area contributed by atoms with Crippen molar-refractivity contribution in [3.63, 3.8) is 0 Å². The second-order valence-electron chi connectivity index (χ2n) is 2.12. The van der Waals surface area contributed by atoms with E-state index in [4.69, 9.17) is 45.8 Å². The van der Waals surface area contributed by atoms with Crippen molar-refractivity contribution in [2.75, 3.05) is 6.61 Å². The van der Waals surface area contributed by atoms with Gasteiger partial charge in [-0.2, -0.15) is 5.26 Å². The summed E-state index contributed by atoms with van der Waals surface area (Å²) in [7, 11) is 0. The molecule has 0 aliphatic carbocycles. The zero-order chi connectivity index (χ0) is 11.4. The lowest BCUT2D eigenvalue weighted by molar-refractivity contribution is -0.138. The summed E-state index contributed by atoms with van der Waals surface area (Å²) in [5, 5.41) is 8.59. The highest BCUT2D eigenvalue weighted by molar-refractivity contribution is 6.69. The van der Waals surface area contributed by atoms with Gasteiger partial charge in [0.25, 0.3) is 0 Å². The van der Waals surface area contributed by atoms with Crippen LogP contribution in [0.25, 0.3) is 0 Å². The molecule has 0 aromatic carbocycles. The summed E-state index contributed by atoms with van der Waals surface area (Å²) in [5.41, 5.74) is 4.36. The van der Waals surface area contributed by atoms with Crippen LogP contribution >= 0.6 is 34.8 Å². The minimum absolute atomic E-state index is 0.108. The molecule has 78 valence electrons. The molecule has 0 rings (SSSR count). The molecule has 0 aliphatic heterocycles. The summed E-state index contributed by atoms with van der Waals surface area (Å²) in [4.78, 5) is 11.1. The molecule has 0 fully saturated rings. The first kappa shape index (κ1) is 13.4. The SMILES string of the molecule is CCOC(=O)/C(C#N)=C(/N)C(Cl)(Cl)Cl. The van der Waals surface area contributed by atoms with Gasteiger partial charge in [-0.1, -0.05) is 34.8 Å². The summed E-state index contributed by atoms with van der Waals surface area (Å²) >= 11 is 16.2. The first-order valence-corrected chi connectivity index (χ1v) is 4.62. The Labute approximate surface area is 96.2 Å². The standard InChI is InChI=1S/C7H7Cl3N2O2/c1-2-14-6(13)4(3-11)5(12)7(8,9)10/h2,12H2,1H3/b5-4+. The lowest BCUT2D eigenvalue weighted by Crippen LogP contribution is -2.22. The van der Waals surface area contributed by atoms with E-state index in [-0.39, 0.29) is 6.61 Å². The van der Waals surface area contributed by atoms with Crippen molar-refractivity contribution in [2.24, 2.45) is 5.73 Å². The Morgan fingerprint density at radius 3 is 2.36 bits per heavy atom. The van der Waals surface area contributed by atoms with Gasteiger partial charge in [0, 0.05) is 0 Å². The number of hydrogen-bond acceptors (Lipinski definition) is 4. The topological polar surface area (TPSA) is 76.1 Å². The van der Waals surface area contributed by atoms with E-state index in [1.54, 1.807) is 6.92 Å². The second-order valence-corrected chi connectivity index (χ2v) is 4.40. The average molecular weight is 258 g/mol. The zero-order valence-corrected chi connectivity index (χ0v) is 9.45. The van der Waals surface area contributed by atoms with Crippen molar-refractivity contribution < 1.29 is 9.53 Å². The first-order chi connectivity index (χ1) is 6.34. The van der Waals surface area contributed by atoms with Gasteiger partial charge in [0.05, 0.1) is 12.3 Å². The molecule has 0 aromatic heterocycles. The fourth-order valence-corrected chi connectivity index (χ4v) is 0.844. The van der Waals surface area contributed by atoms with E-state index in [0.29, 0.717) is 0 Å². The number of halogens is 3. The Balaban J connectivity index is 5.08. The molecule has 0 radical (unpaired) electrons. The van der Waals surface area contributed by atoms with Crippen LogP contribution in [0.4, 0.5) is 0 Å². The number of hydrogen-bond donors (Lipinski definition) is 1. The number of rotatable bonds is 2. The predicted molar refractivity (Wildman–Crippen MR) is 53.7 cm³/mol. The number of carbonyl (C=O) groups excluding carboxylic acids is 1. The van der Waals surface area contributed by atoms with E-state index < -0.39 is 21.0 Å². The average Bonchev–Trinajstić information content (AvgIpc) is 2.04. The third-order valence-electron chi connectivity index (χ3n) is 1.17. The third-order valence-corrected chi connectivity index (χ3v) is 1.78. The number of ether oxygens (including phenoxy) is 1. The summed E-state index contributed by atoms with van der Waals surface area (Å²) < 4.78 is 2.55. The molecular weight excluding hydrogens is 250 g/mol. The normalized spacial score (nSPS) is 12.8. The molecule has 0 aromatic rings. The quantitative estimate of drug-likeness (QED) is 0.353. The van der Waals surface area contributed by atoms with E-state index in [1.807, 2.05) is 0 Å². The lowest BCUT2D eigenvalue weighted by Gasteiger charge is -2.12. The summed E-state index contributed by atoms with van der Waals surface area (Å²) in [6, 6.07) is 1.52. The minimum Gasteiger partial charge on any atom is -0.462 e. The summed E-state index contributed by atoms with van der Waals surface area (Å²) in [5.74, 6) is -0.904. The molecular formula is C7H7Cl3N2O2. The zero-order valence-electron chi connectivity index (χ0n) is 7.18. The Hall–Kier alpha value is -0.630. The third kappa shape index (κ3) is 3.62. The molecule has 0 spiro atoms. The van der Waals surface area contributed by atoms with Crippen LogP contribution < -0.4 is 5.73 Å². The second kappa shape index (κ2) is 5.30. The van der Waals surface area contributed by atoms with Crippen LogP contribution in [0.2, 0.25) is 0 Å². The Kier molecular flexibility index (Phi) is 5.06. The number of nitrogens with zero attached hydrogens (tertiary/aromatic N) is 1. The number of esters is 1. The van der Waals surface area contributed by atoms with E-state index >= 15 is 0 Å². The van der Waals surface area contributed by atoms with Gasteiger partial charge in [0.1, 0.15) is 6.07 Å². The molecule has 0 bridgehead atoms.